The molecule has 1 atom stereocenters. The van der Waals surface area contributed by atoms with Gasteiger partial charge in [0, 0.05) is 5.56 Å². The molecule has 1 heterocycles. The number of aliphatic hydroxyl groups is 1. The molecule has 3 rings (SSSR count). The van der Waals surface area contributed by atoms with E-state index in [1.165, 1.54) is 12.1 Å². The van der Waals surface area contributed by atoms with Gasteiger partial charge in [0.1, 0.15) is 11.4 Å². The van der Waals surface area contributed by atoms with Gasteiger partial charge < -0.3 is 9.84 Å². The van der Waals surface area contributed by atoms with E-state index < -0.39 is 23.7 Å². The molecule has 0 radical (unpaired) electrons. The number of fused-ring (bicyclic) bond motifs is 1. The van der Waals surface area contributed by atoms with E-state index in [0.717, 1.165) is 10.5 Å². The van der Waals surface area contributed by atoms with Crippen molar-refractivity contribution in [1.29, 1.82) is 0 Å². The minimum absolute atomic E-state index is 0.171. The van der Waals surface area contributed by atoms with Crippen LogP contribution in [-0.4, -0.2) is 22.7 Å². The first-order chi connectivity index (χ1) is 12.1. The summed E-state index contributed by atoms with van der Waals surface area (Å²) in [4.78, 5) is 24.7. The molecule has 1 aliphatic heterocycles. The van der Waals surface area contributed by atoms with Crippen LogP contribution in [-0.2, 0) is 9.53 Å². The smallest absolute Gasteiger partial charge is 0.421 e. The maximum absolute atomic E-state index is 12.1. The first-order valence-electron chi connectivity index (χ1n) is 8.16. The molecule has 0 spiro atoms. The van der Waals surface area contributed by atoms with E-state index in [1.54, 1.807) is 57.2 Å². The average molecular weight is 359 g/mol. The lowest BCUT2D eigenvalue weighted by molar-refractivity contribution is -0.125. The van der Waals surface area contributed by atoms with E-state index in [4.69, 9.17) is 4.74 Å². The minimum atomic E-state index is -1.30. The molecule has 0 saturated heterocycles. The second-order valence-electron chi connectivity index (χ2n) is 6.91. The number of para-hydroxylation sites is 1. The van der Waals surface area contributed by atoms with Gasteiger partial charge in [-0.05, 0) is 45.9 Å². The Morgan fingerprint density at radius 3 is 2.23 bits per heavy atom. The summed E-state index contributed by atoms with van der Waals surface area (Å²) in [7, 11) is 0. The Hall–Kier alpha value is -2.73. The molecule has 138 valence electrons. The molecule has 0 saturated carbocycles. The van der Waals surface area contributed by atoms with E-state index in [9.17, 15) is 19.1 Å². The molecule has 0 fully saturated rings. The van der Waals surface area contributed by atoms with Crippen molar-refractivity contribution in [3.8, 4) is 0 Å². The third kappa shape index (κ3) is 4.67. The summed E-state index contributed by atoms with van der Waals surface area (Å²) in [5, 5.41) is 9.77. The number of halogens is 1. The lowest BCUT2D eigenvalue weighted by atomic mass is 10.1. The highest BCUT2D eigenvalue weighted by atomic mass is 19.1. The Morgan fingerprint density at radius 1 is 1.12 bits per heavy atom. The Labute approximate surface area is 152 Å². The Morgan fingerprint density at radius 2 is 1.69 bits per heavy atom. The second kappa shape index (κ2) is 7.66. The van der Waals surface area contributed by atoms with Crippen LogP contribution in [0.2, 0.25) is 0 Å². The summed E-state index contributed by atoms with van der Waals surface area (Å²) in [5.74, 6) is -0.846. The zero-order valence-electron chi connectivity index (χ0n) is 15.2. The Balaban J connectivity index is 0.000000254. The van der Waals surface area contributed by atoms with Gasteiger partial charge in [0.2, 0.25) is 0 Å². The molecule has 2 aromatic rings. The number of aliphatic hydroxyl groups excluding tert-OH is 1. The highest BCUT2D eigenvalue weighted by molar-refractivity contribution is 6.18. The second-order valence-corrected chi connectivity index (χ2v) is 6.91. The van der Waals surface area contributed by atoms with Gasteiger partial charge in [-0.15, -0.1) is 0 Å². The summed E-state index contributed by atoms with van der Waals surface area (Å²) >= 11 is 0. The third-order valence-electron chi connectivity index (χ3n) is 3.51. The van der Waals surface area contributed by atoms with Gasteiger partial charge in [0.05, 0.1) is 5.69 Å². The van der Waals surface area contributed by atoms with E-state index >= 15 is 0 Å². The van der Waals surface area contributed by atoms with Crippen LogP contribution in [0.1, 0.15) is 38.0 Å². The Bertz CT molecular complexity index is 775. The van der Waals surface area contributed by atoms with Gasteiger partial charge in [0.15, 0.2) is 6.10 Å². The predicted molar refractivity (Wildman–Crippen MR) is 96.3 cm³/mol. The number of hydrogen-bond acceptors (Lipinski definition) is 4. The molecule has 0 aliphatic carbocycles. The number of carbonyl (C=O) groups excluding carboxylic acids is 2. The van der Waals surface area contributed by atoms with Crippen molar-refractivity contribution in [1.82, 2.24) is 0 Å². The molecular weight excluding hydrogens is 337 g/mol. The number of rotatable bonds is 0. The predicted octanol–water partition coefficient (Wildman–Crippen LogP) is 4.14. The zero-order chi connectivity index (χ0) is 19.5. The maximum Gasteiger partial charge on any atom is 0.421 e. The van der Waals surface area contributed by atoms with Crippen molar-refractivity contribution in [2.75, 3.05) is 4.90 Å². The summed E-state index contributed by atoms with van der Waals surface area (Å²) in [6.07, 6.45) is -2.06. The van der Waals surface area contributed by atoms with Crippen LogP contribution < -0.4 is 4.90 Å². The first-order valence-corrected chi connectivity index (χ1v) is 8.16. The van der Waals surface area contributed by atoms with E-state index in [0.29, 0.717) is 11.3 Å². The van der Waals surface area contributed by atoms with Crippen LogP contribution in [0.25, 0.3) is 0 Å². The van der Waals surface area contributed by atoms with Gasteiger partial charge >= 0.3 is 6.09 Å². The standard InChI is InChI=1S/C13H15NO4.C7H7F/c1-13(2,3)18-12(17)14-9-7-5-4-6-8(9)10(15)11(14)16;1-6-2-4-7(8)5-3-6/h4-7,10,15H,1-3H3;2-5H,1H3. The minimum Gasteiger partial charge on any atom is -0.443 e. The summed E-state index contributed by atoms with van der Waals surface area (Å²) in [6, 6.07) is 13.0. The van der Waals surface area contributed by atoms with Crippen LogP contribution in [0.5, 0.6) is 0 Å². The van der Waals surface area contributed by atoms with Crippen molar-refractivity contribution in [2.45, 2.75) is 39.4 Å². The number of imide groups is 1. The largest absolute Gasteiger partial charge is 0.443 e. The number of carbonyl (C=O) groups is 2. The number of amides is 2. The highest BCUT2D eigenvalue weighted by Gasteiger charge is 2.41. The molecular formula is C20H22FNO4. The number of aryl methyl sites for hydroxylation is 1. The van der Waals surface area contributed by atoms with Gasteiger partial charge in [0.25, 0.3) is 5.91 Å². The number of hydrogen-bond donors (Lipinski definition) is 1. The number of anilines is 1. The topological polar surface area (TPSA) is 66.8 Å². The van der Waals surface area contributed by atoms with Crippen LogP contribution in [0.15, 0.2) is 48.5 Å². The van der Waals surface area contributed by atoms with Crippen LogP contribution in [0, 0.1) is 12.7 Å². The summed E-state index contributed by atoms with van der Waals surface area (Å²) in [5.41, 5.74) is 1.20. The number of benzene rings is 2. The first kappa shape index (κ1) is 19.6. The maximum atomic E-state index is 12.1. The van der Waals surface area contributed by atoms with Crippen LogP contribution in [0.4, 0.5) is 14.9 Å². The molecule has 5 nitrogen and oxygen atoms in total. The van der Waals surface area contributed by atoms with Crippen LogP contribution in [0.3, 0.4) is 0 Å². The highest BCUT2D eigenvalue weighted by Crippen LogP contribution is 2.36. The lowest BCUT2D eigenvalue weighted by Crippen LogP contribution is -2.39. The van der Waals surface area contributed by atoms with E-state index in [-0.39, 0.29) is 5.82 Å². The molecule has 2 amide bonds. The van der Waals surface area contributed by atoms with Crippen molar-refractivity contribution in [3.63, 3.8) is 0 Å². The lowest BCUT2D eigenvalue weighted by Gasteiger charge is -2.23. The third-order valence-corrected chi connectivity index (χ3v) is 3.51. The van der Waals surface area contributed by atoms with E-state index in [1.807, 2.05) is 6.92 Å². The van der Waals surface area contributed by atoms with Gasteiger partial charge in [-0.3, -0.25) is 4.79 Å². The quantitative estimate of drug-likeness (QED) is 0.768. The molecule has 26 heavy (non-hydrogen) atoms. The van der Waals surface area contributed by atoms with Crippen molar-refractivity contribution in [3.05, 3.63) is 65.5 Å². The Kier molecular flexibility index (Phi) is 5.77. The molecule has 6 heteroatoms. The molecule has 0 aromatic heterocycles. The van der Waals surface area contributed by atoms with Crippen molar-refractivity contribution in [2.24, 2.45) is 0 Å². The average Bonchev–Trinajstić information content (AvgIpc) is 2.81. The SMILES string of the molecule is CC(C)(C)OC(=O)N1C(=O)C(O)c2ccccc21.Cc1ccc(F)cc1. The number of ether oxygens (including phenoxy) is 1. The number of nitrogens with zero attached hydrogens (tertiary/aromatic N) is 1. The summed E-state index contributed by atoms with van der Waals surface area (Å²) in [6.45, 7) is 7.08. The molecule has 2 aromatic carbocycles. The van der Waals surface area contributed by atoms with Gasteiger partial charge in [-0.25, -0.2) is 14.1 Å². The molecule has 1 unspecified atom stereocenters. The van der Waals surface area contributed by atoms with Crippen molar-refractivity contribution >= 4 is 17.7 Å². The van der Waals surface area contributed by atoms with Gasteiger partial charge in [-0.1, -0.05) is 35.9 Å². The zero-order valence-corrected chi connectivity index (χ0v) is 15.2. The molecule has 1 N–H and O–H groups in total. The molecule has 1 aliphatic rings. The van der Waals surface area contributed by atoms with Gasteiger partial charge in [-0.2, -0.15) is 0 Å². The van der Waals surface area contributed by atoms with Crippen molar-refractivity contribution < 1.29 is 23.8 Å². The van der Waals surface area contributed by atoms with E-state index in [2.05, 4.69) is 0 Å². The molecule has 0 bridgehead atoms. The monoisotopic (exact) mass is 359 g/mol. The summed E-state index contributed by atoms with van der Waals surface area (Å²) < 4.78 is 17.2. The fourth-order valence-electron chi connectivity index (χ4n) is 2.33. The normalized spacial score (nSPS) is 15.8. The fourth-order valence-corrected chi connectivity index (χ4v) is 2.33. The fraction of sp³-hybridized carbons (Fsp3) is 0.300. The van der Waals surface area contributed by atoms with Crippen LogP contribution >= 0.6 is 0 Å².